The topological polar surface area (TPSA) is 29.9 Å². The van der Waals surface area contributed by atoms with E-state index in [0.29, 0.717) is 0 Å². The number of hydrogen-bond donors (Lipinski definition) is 1. The predicted octanol–water partition coefficient (Wildman–Crippen LogP) is 2.36. The van der Waals surface area contributed by atoms with Crippen molar-refractivity contribution in [2.45, 2.75) is 11.4 Å². The number of thiophene rings is 1. The monoisotopic (exact) mass is 253 g/mol. The number of rotatable bonds is 6. The zero-order valence-corrected chi connectivity index (χ0v) is 10.9. The van der Waals surface area contributed by atoms with Gasteiger partial charge in [0.25, 0.3) is 0 Å². The Kier molecular flexibility index (Phi) is 4.44. The lowest BCUT2D eigenvalue weighted by atomic mass is 10.4. The number of aromatic nitrogens is 2. The van der Waals surface area contributed by atoms with Gasteiger partial charge in [-0.25, -0.2) is 0 Å². The van der Waals surface area contributed by atoms with E-state index in [2.05, 4.69) is 27.9 Å². The Balaban J connectivity index is 1.59. The van der Waals surface area contributed by atoms with Crippen molar-refractivity contribution in [3.8, 4) is 0 Å². The molecule has 0 unspecified atom stereocenters. The zero-order chi connectivity index (χ0) is 11.2. The van der Waals surface area contributed by atoms with E-state index in [-0.39, 0.29) is 0 Å². The van der Waals surface area contributed by atoms with Gasteiger partial charge in [0.05, 0.1) is 6.20 Å². The fourth-order valence-electron chi connectivity index (χ4n) is 1.34. The van der Waals surface area contributed by atoms with Crippen LogP contribution in [0.2, 0.25) is 0 Å². The molecule has 0 fully saturated rings. The van der Waals surface area contributed by atoms with E-state index in [1.807, 2.05) is 35.9 Å². The van der Waals surface area contributed by atoms with Crippen molar-refractivity contribution in [1.29, 1.82) is 0 Å². The van der Waals surface area contributed by atoms with Crippen molar-refractivity contribution in [3.63, 3.8) is 0 Å². The highest BCUT2D eigenvalue weighted by Gasteiger charge is 1.97. The minimum Gasteiger partial charge on any atom is -0.311 e. The molecule has 0 radical (unpaired) electrons. The molecule has 0 amide bonds. The van der Waals surface area contributed by atoms with E-state index in [4.69, 9.17) is 0 Å². The maximum atomic E-state index is 4.13. The van der Waals surface area contributed by atoms with Crippen LogP contribution < -0.4 is 5.32 Å². The second-order valence-corrected chi connectivity index (χ2v) is 5.65. The predicted molar refractivity (Wildman–Crippen MR) is 70.0 cm³/mol. The third-order valence-electron chi connectivity index (χ3n) is 2.11. The van der Waals surface area contributed by atoms with Crippen LogP contribution in [0.1, 0.15) is 4.88 Å². The van der Waals surface area contributed by atoms with E-state index in [1.54, 1.807) is 11.3 Å². The molecule has 0 atom stereocenters. The summed E-state index contributed by atoms with van der Waals surface area (Å²) in [5.41, 5.74) is 0. The fourth-order valence-corrected chi connectivity index (χ4v) is 2.84. The lowest BCUT2D eigenvalue weighted by Gasteiger charge is -2.01. The third-order valence-corrected chi connectivity index (χ3v) is 3.94. The highest BCUT2D eigenvalue weighted by molar-refractivity contribution is 7.99. The molecular weight excluding hydrogens is 238 g/mol. The van der Waals surface area contributed by atoms with Gasteiger partial charge in [0.15, 0.2) is 0 Å². The summed E-state index contributed by atoms with van der Waals surface area (Å²) in [7, 11) is 1.94. The minimum atomic E-state index is 0.977. The highest BCUT2D eigenvalue weighted by atomic mass is 32.2. The molecule has 0 aliphatic heterocycles. The van der Waals surface area contributed by atoms with E-state index in [0.717, 1.165) is 18.8 Å². The minimum absolute atomic E-state index is 0.977. The van der Waals surface area contributed by atoms with Gasteiger partial charge >= 0.3 is 0 Å². The van der Waals surface area contributed by atoms with Crippen molar-refractivity contribution in [3.05, 3.63) is 34.8 Å². The molecule has 2 heterocycles. The maximum absolute atomic E-state index is 4.13. The molecule has 3 nitrogen and oxygen atoms in total. The highest BCUT2D eigenvalue weighted by Crippen LogP contribution is 2.15. The number of thioether (sulfide) groups is 1. The van der Waals surface area contributed by atoms with Crippen LogP contribution in [0.15, 0.2) is 34.8 Å². The van der Waals surface area contributed by atoms with Crippen molar-refractivity contribution in [2.75, 3.05) is 12.3 Å². The summed E-state index contributed by atoms with van der Waals surface area (Å²) in [5, 5.41) is 9.67. The smallest absolute Gasteiger partial charge is 0.0625 e. The fraction of sp³-hybridized carbons (Fsp3) is 0.364. The van der Waals surface area contributed by atoms with Crippen LogP contribution in [0, 0.1) is 0 Å². The molecule has 0 aliphatic carbocycles. The second-order valence-electron chi connectivity index (χ2n) is 3.45. The SMILES string of the molecule is Cn1cc(SCCNCc2cccs2)cn1. The molecule has 86 valence electrons. The van der Waals surface area contributed by atoms with Gasteiger partial charge in [-0.15, -0.1) is 23.1 Å². The average molecular weight is 253 g/mol. The number of hydrogen-bond acceptors (Lipinski definition) is 4. The Labute approximate surface area is 104 Å². The maximum Gasteiger partial charge on any atom is 0.0625 e. The second kappa shape index (κ2) is 6.08. The van der Waals surface area contributed by atoms with Gasteiger partial charge < -0.3 is 5.32 Å². The lowest BCUT2D eigenvalue weighted by Crippen LogP contribution is -2.15. The first kappa shape index (κ1) is 11.7. The summed E-state index contributed by atoms with van der Waals surface area (Å²) in [5.74, 6) is 1.08. The molecule has 16 heavy (non-hydrogen) atoms. The average Bonchev–Trinajstić information content (AvgIpc) is 2.89. The standard InChI is InChI=1S/C11H15N3S2/c1-14-9-11(8-13-14)16-6-4-12-7-10-3-2-5-15-10/h2-3,5,8-9,12H,4,6-7H2,1H3. The molecule has 0 aromatic carbocycles. The third kappa shape index (κ3) is 3.66. The molecule has 0 bridgehead atoms. The van der Waals surface area contributed by atoms with Gasteiger partial charge in [-0.05, 0) is 11.4 Å². The first-order chi connectivity index (χ1) is 7.84. The van der Waals surface area contributed by atoms with Crippen molar-refractivity contribution >= 4 is 23.1 Å². The molecule has 5 heteroatoms. The number of aryl methyl sites for hydroxylation is 1. The molecule has 0 saturated carbocycles. The van der Waals surface area contributed by atoms with E-state index in [9.17, 15) is 0 Å². The Morgan fingerprint density at radius 3 is 3.19 bits per heavy atom. The first-order valence-corrected chi connectivity index (χ1v) is 7.05. The number of nitrogens with one attached hydrogen (secondary N) is 1. The summed E-state index contributed by atoms with van der Waals surface area (Å²) in [6, 6.07) is 4.25. The Bertz CT molecular complexity index is 409. The normalized spacial score (nSPS) is 10.8. The van der Waals surface area contributed by atoms with Crippen LogP contribution in [-0.4, -0.2) is 22.1 Å². The summed E-state index contributed by atoms with van der Waals surface area (Å²) in [6.07, 6.45) is 3.95. The van der Waals surface area contributed by atoms with Crippen LogP contribution in [0.25, 0.3) is 0 Å². The van der Waals surface area contributed by atoms with Crippen molar-refractivity contribution < 1.29 is 0 Å². The molecular formula is C11H15N3S2. The largest absolute Gasteiger partial charge is 0.311 e. The summed E-state index contributed by atoms with van der Waals surface area (Å²) in [6.45, 7) is 2.00. The van der Waals surface area contributed by atoms with Gasteiger partial charge in [0.1, 0.15) is 0 Å². The first-order valence-electron chi connectivity index (χ1n) is 5.19. The van der Waals surface area contributed by atoms with Crippen LogP contribution in [0.4, 0.5) is 0 Å². The van der Waals surface area contributed by atoms with Crippen LogP contribution in [-0.2, 0) is 13.6 Å². The Morgan fingerprint density at radius 1 is 1.56 bits per heavy atom. The summed E-state index contributed by atoms with van der Waals surface area (Å²) >= 11 is 3.63. The molecule has 0 saturated heterocycles. The molecule has 2 aromatic heterocycles. The van der Waals surface area contributed by atoms with Crippen molar-refractivity contribution in [2.24, 2.45) is 7.05 Å². The van der Waals surface area contributed by atoms with Gasteiger partial charge in [-0.3, -0.25) is 4.68 Å². The zero-order valence-electron chi connectivity index (χ0n) is 9.22. The van der Waals surface area contributed by atoms with Gasteiger partial charge in [-0.2, -0.15) is 5.10 Å². The van der Waals surface area contributed by atoms with Crippen LogP contribution in [0.5, 0.6) is 0 Å². The van der Waals surface area contributed by atoms with Crippen LogP contribution >= 0.6 is 23.1 Å². The summed E-state index contributed by atoms with van der Waals surface area (Å²) in [4.78, 5) is 2.63. The van der Waals surface area contributed by atoms with E-state index >= 15 is 0 Å². The Hall–Kier alpha value is -0.780. The van der Waals surface area contributed by atoms with Gasteiger partial charge in [-0.1, -0.05) is 6.07 Å². The molecule has 0 spiro atoms. The molecule has 2 rings (SSSR count). The quantitative estimate of drug-likeness (QED) is 0.633. The molecule has 2 aromatic rings. The van der Waals surface area contributed by atoms with E-state index in [1.165, 1.54) is 9.77 Å². The van der Waals surface area contributed by atoms with Gasteiger partial charge in [0, 0.05) is 41.9 Å². The summed E-state index contributed by atoms with van der Waals surface area (Å²) < 4.78 is 1.83. The van der Waals surface area contributed by atoms with Crippen molar-refractivity contribution in [1.82, 2.24) is 15.1 Å². The Morgan fingerprint density at radius 2 is 2.50 bits per heavy atom. The lowest BCUT2D eigenvalue weighted by molar-refractivity contribution is 0.741. The number of nitrogens with zero attached hydrogens (tertiary/aromatic N) is 2. The van der Waals surface area contributed by atoms with Crippen LogP contribution in [0.3, 0.4) is 0 Å². The van der Waals surface area contributed by atoms with Gasteiger partial charge in [0.2, 0.25) is 0 Å². The van der Waals surface area contributed by atoms with E-state index < -0.39 is 0 Å². The molecule has 0 aliphatic rings. The molecule has 1 N–H and O–H groups in total.